The molecule has 2 fully saturated rings. The summed E-state index contributed by atoms with van der Waals surface area (Å²) in [5.41, 5.74) is 2.16. The third-order valence-corrected chi connectivity index (χ3v) is 11.8. The Morgan fingerprint density at radius 2 is 1.67 bits per heavy atom. The van der Waals surface area contributed by atoms with Gasteiger partial charge in [0.05, 0.1) is 46.5 Å². The molecule has 4 aliphatic rings. The van der Waals surface area contributed by atoms with Gasteiger partial charge in [-0.15, -0.1) is 11.8 Å². The van der Waals surface area contributed by atoms with Gasteiger partial charge in [0.2, 0.25) is 11.8 Å². The zero-order valence-corrected chi connectivity index (χ0v) is 27.8. The normalized spacial score (nSPS) is 29.9. The topological polar surface area (TPSA) is 90.4 Å². The zero-order valence-electron chi connectivity index (χ0n) is 26.3. The van der Waals surface area contributed by atoms with Gasteiger partial charge in [0, 0.05) is 23.5 Å². The Kier molecular flexibility index (Phi) is 8.33. The van der Waals surface area contributed by atoms with E-state index in [1.165, 1.54) is 11.8 Å². The number of likely N-dealkylation sites (tertiary alicyclic amines) is 1. The molecule has 6 atom stereocenters. The van der Waals surface area contributed by atoms with Crippen LogP contribution in [0, 0.1) is 24.7 Å². The van der Waals surface area contributed by atoms with Gasteiger partial charge in [-0.1, -0.05) is 61.9 Å². The Morgan fingerprint density at radius 1 is 0.978 bits per heavy atom. The fourth-order valence-corrected chi connectivity index (χ4v) is 10.2. The molecule has 0 aromatic heterocycles. The number of rotatable bonds is 7. The first-order valence-electron chi connectivity index (χ1n) is 15.6. The molecule has 4 heterocycles. The Hall–Kier alpha value is -3.27. The fraction of sp³-hybridized carbons (Fsp3) is 0.457. The second kappa shape index (κ2) is 11.8. The summed E-state index contributed by atoms with van der Waals surface area (Å²) < 4.78 is 3.82. The number of aliphatic hydroxyl groups excluding tert-OH is 1. The van der Waals surface area contributed by atoms with Crippen LogP contribution in [0.5, 0.6) is 5.75 Å². The molecule has 2 aromatic carbocycles. The van der Waals surface area contributed by atoms with Crippen molar-refractivity contribution >= 4 is 52.5 Å². The number of amides is 3. The van der Waals surface area contributed by atoms with Crippen molar-refractivity contribution in [3.05, 3.63) is 77.4 Å². The highest BCUT2D eigenvalue weighted by Crippen LogP contribution is 2.66. The van der Waals surface area contributed by atoms with E-state index in [2.05, 4.69) is 0 Å². The Morgan fingerprint density at radius 3 is 2.31 bits per heavy atom. The van der Waals surface area contributed by atoms with Crippen molar-refractivity contribution < 1.29 is 24.2 Å². The number of ether oxygens (including phenoxy) is 1. The minimum Gasteiger partial charge on any atom is -0.494 e. The van der Waals surface area contributed by atoms with Crippen LogP contribution in [-0.4, -0.2) is 75.6 Å². The molecule has 1 N–H and O–H groups in total. The number of nitrogens with zero attached hydrogens (tertiary/aromatic N) is 3. The lowest BCUT2D eigenvalue weighted by Gasteiger charge is -2.41. The van der Waals surface area contributed by atoms with Crippen LogP contribution in [0.3, 0.4) is 0 Å². The van der Waals surface area contributed by atoms with Crippen LogP contribution in [0.2, 0.25) is 5.02 Å². The molecule has 0 radical (unpaired) electrons. The van der Waals surface area contributed by atoms with Gasteiger partial charge in [-0.05, 0) is 62.6 Å². The molecule has 8 nitrogen and oxygen atoms in total. The van der Waals surface area contributed by atoms with Crippen LogP contribution in [0.4, 0.5) is 11.4 Å². The van der Waals surface area contributed by atoms with Crippen molar-refractivity contribution in [1.29, 1.82) is 0 Å². The SMILES string of the molecule is CCOc1ccc(N2CC=C[C@]3(C)S[C@]45C=CCN(c6c(C)cccc6Cl)C(=O)C4N([C@@H](CO)C(C)C)C(=O)[C@@H]5[C@@H]3C2=O)cc1. The summed E-state index contributed by atoms with van der Waals surface area (Å²) in [4.78, 5) is 49.5. The van der Waals surface area contributed by atoms with Gasteiger partial charge >= 0.3 is 0 Å². The minimum absolute atomic E-state index is 0.133. The van der Waals surface area contributed by atoms with Crippen LogP contribution in [0.1, 0.15) is 33.3 Å². The van der Waals surface area contributed by atoms with Crippen LogP contribution in [0.15, 0.2) is 66.8 Å². The van der Waals surface area contributed by atoms with E-state index in [-0.39, 0.29) is 36.8 Å². The maximum atomic E-state index is 14.9. The summed E-state index contributed by atoms with van der Waals surface area (Å²) in [6.07, 6.45) is 7.96. The van der Waals surface area contributed by atoms with E-state index >= 15 is 0 Å². The minimum atomic E-state index is -1.04. The molecule has 1 unspecified atom stereocenters. The molecule has 4 aliphatic heterocycles. The average Bonchev–Trinajstić information content (AvgIpc) is 3.26. The molecule has 45 heavy (non-hydrogen) atoms. The standard InChI is InChI=1S/C35H40ClN3O5S/c1-6-44-24-14-12-23(13-15-24)37-18-8-16-34(5)27(31(37)41)28-32(42)39(26(20-40)21(2)3)30-33(43)38(19-9-17-35(28,30)45-34)29-22(4)10-7-11-25(29)36/h7-17,21,26-28,30,40H,6,18-20H2,1-5H3/t26-,27+,28-,30?,34-,35-/m0/s1. The van der Waals surface area contributed by atoms with Crippen LogP contribution < -0.4 is 14.5 Å². The number of benzene rings is 2. The van der Waals surface area contributed by atoms with Crippen LogP contribution >= 0.6 is 23.4 Å². The first-order valence-corrected chi connectivity index (χ1v) is 16.8. The molecule has 1 spiro atoms. The Labute approximate surface area is 274 Å². The van der Waals surface area contributed by atoms with Crippen molar-refractivity contribution in [3.63, 3.8) is 0 Å². The zero-order chi connectivity index (χ0) is 32.3. The second-order valence-corrected chi connectivity index (χ2v) is 15.0. The lowest BCUT2D eigenvalue weighted by Crippen LogP contribution is -2.58. The smallest absolute Gasteiger partial charge is 0.251 e. The number of para-hydroxylation sites is 1. The highest BCUT2D eigenvalue weighted by Gasteiger charge is 2.74. The molecule has 0 bridgehead atoms. The van der Waals surface area contributed by atoms with Crippen molar-refractivity contribution in [1.82, 2.24) is 4.90 Å². The van der Waals surface area contributed by atoms with Gasteiger partial charge in [-0.3, -0.25) is 14.4 Å². The van der Waals surface area contributed by atoms with Crippen molar-refractivity contribution in [2.24, 2.45) is 17.8 Å². The summed E-state index contributed by atoms with van der Waals surface area (Å²) in [6, 6.07) is 11.4. The van der Waals surface area contributed by atoms with Crippen molar-refractivity contribution in [3.8, 4) is 5.75 Å². The van der Waals surface area contributed by atoms with E-state index in [0.29, 0.717) is 35.3 Å². The first-order chi connectivity index (χ1) is 21.5. The number of carbonyl (C=O) groups is 3. The summed E-state index contributed by atoms with van der Waals surface area (Å²) >= 11 is 8.22. The number of carbonyl (C=O) groups excluding carboxylic acids is 3. The highest BCUT2D eigenvalue weighted by atomic mass is 35.5. The first kappa shape index (κ1) is 31.7. The number of anilines is 2. The van der Waals surface area contributed by atoms with Crippen molar-refractivity contribution in [2.45, 2.75) is 56.2 Å². The molecule has 0 aliphatic carbocycles. The van der Waals surface area contributed by atoms with Gasteiger partial charge in [0.25, 0.3) is 5.91 Å². The van der Waals surface area contributed by atoms with Crippen molar-refractivity contribution in [2.75, 3.05) is 36.1 Å². The monoisotopic (exact) mass is 649 g/mol. The van der Waals surface area contributed by atoms with E-state index in [4.69, 9.17) is 16.3 Å². The maximum Gasteiger partial charge on any atom is 0.251 e. The van der Waals surface area contributed by atoms with Crippen LogP contribution in [0.25, 0.3) is 0 Å². The fourth-order valence-electron chi connectivity index (χ4n) is 7.73. The van der Waals surface area contributed by atoms with Gasteiger partial charge in [0.15, 0.2) is 0 Å². The second-order valence-electron chi connectivity index (χ2n) is 12.8. The van der Waals surface area contributed by atoms with E-state index in [1.807, 2.05) is 95.3 Å². The third-order valence-electron chi connectivity index (χ3n) is 9.73. The lowest BCUT2D eigenvalue weighted by atomic mass is 9.74. The number of halogens is 1. The molecule has 0 saturated carbocycles. The Balaban J connectivity index is 1.49. The number of aliphatic hydroxyl groups is 1. The van der Waals surface area contributed by atoms with Gasteiger partial charge in [-0.25, -0.2) is 0 Å². The molecule has 3 amide bonds. The molecule has 238 valence electrons. The van der Waals surface area contributed by atoms with E-state index in [1.54, 1.807) is 20.8 Å². The molecular formula is C35H40ClN3O5S. The maximum absolute atomic E-state index is 14.9. The van der Waals surface area contributed by atoms with E-state index in [9.17, 15) is 19.5 Å². The molecule has 10 heteroatoms. The van der Waals surface area contributed by atoms with Gasteiger partial charge in [-0.2, -0.15) is 0 Å². The molecule has 2 aromatic rings. The average molecular weight is 650 g/mol. The molecule has 2 saturated heterocycles. The summed E-state index contributed by atoms with van der Waals surface area (Å²) in [5.74, 6) is -1.69. The quantitative estimate of drug-likeness (QED) is 0.412. The summed E-state index contributed by atoms with van der Waals surface area (Å²) in [5, 5.41) is 11.1. The predicted molar refractivity (Wildman–Crippen MR) is 179 cm³/mol. The third kappa shape index (κ3) is 4.89. The number of hydrogen-bond donors (Lipinski definition) is 1. The lowest BCUT2D eigenvalue weighted by molar-refractivity contribution is -0.143. The molecule has 6 rings (SSSR count). The summed E-state index contributed by atoms with van der Waals surface area (Å²) in [6.45, 7) is 10.6. The van der Waals surface area contributed by atoms with Gasteiger partial charge < -0.3 is 24.5 Å². The number of thioether (sulfide) groups is 1. The largest absolute Gasteiger partial charge is 0.494 e. The number of aryl methyl sites for hydroxylation is 1. The van der Waals surface area contributed by atoms with Gasteiger partial charge in [0.1, 0.15) is 11.8 Å². The number of fused-ring (bicyclic) bond motifs is 2. The number of hydrogen-bond acceptors (Lipinski definition) is 6. The Bertz CT molecular complexity index is 1560. The highest BCUT2D eigenvalue weighted by molar-refractivity contribution is 8.02. The molecular weight excluding hydrogens is 610 g/mol. The van der Waals surface area contributed by atoms with Crippen LogP contribution in [-0.2, 0) is 14.4 Å². The van der Waals surface area contributed by atoms with E-state index in [0.717, 1.165) is 5.56 Å². The van der Waals surface area contributed by atoms with E-state index < -0.39 is 33.4 Å². The predicted octanol–water partition coefficient (Wildman–Crippen LogP) is 5.26. The summed E-state index contributed by atoms with van der Waals surface area (Å²) in [7, 11) is 0.